The second-order valence-corrected chi connectivity index (χ2v) is 4.96. The van der Waals surface area contributed by atoms with Crippen molar-refractivity contribution in [3.63, 3.8) is 0 Å². The normalized spacial score (nSPS) is 11.7. The van der Waals surface area contributed by atoms with Crippen molar-refractivity contribution in [2.45, 2.75) is 19.9 Å². The Hall–Kier alpha value is -2.76. The molecular weight excluding hydrogens is 284 g/mol. The maximum Gasteiger partial charge on any atom is 0.258 e. The van der Waals surface area contributed by atoms with E-state index in [1.54, 1.807) is 43.5 Å². The topological polar surface area (TPSA) is 94.6 Å². The van der Waals surface area contributed by atoms with Crippen LogP contribution < -0.4 is 15.8 Å². The number of nitrogens with one attached hydrogen (secondary N) is 1. The van der Waals surface area contributed by atoms with Crippen molar-refractivity contribution in [2.75, 3.05) is 6.61 Å². The highest BCUT2D eigenvalue weighted by atomic mass is 16.5. The summed E-state index contributed by atoms with van der Waals surface area (Å²) in [5, 5.41) is 2.74. The molecule has 0 radical (unpaired) electrons. The largest absolute Gasteiger partial charge is 0.483 e. The first-order chi connectivity index (χ1) is 10.5. The molecule has 1 atom stereocenters. The Morgan fingerprint density at radius 1 is 1.36 bits per heavy atom. The van der Waals surface area contributed by atoms with E-state index in [0.717, 1.165) is 5.56 Å². The maximum atomic E-state index is 11.9. The van der Waals surface area contributed by atoms with E-state index in [0.29, 0.717) is 11.5 Å². The van der Waals surface area contributed by atoms with Gasteiger partial charge in [-0.05, 0) is 43.7 Å². The molecule has 0 aliphatic rings. The molecule has 2 aromatic rings. The average molecular weight is 302 g/mol. The second-order valence-electron chi connectivity index (χ2n) is 4.96. The number of amides is 2. The third-order valence-electron chi connectivity index (χ3n) is 3.11. The number of rotatable bonds is 6. The molecule has 6 heteroatoms. The monoisotopic (exact) mass is 302 g/mol. The molecule has 3 N–H and O–H groups in total. The summed E-state index contributed by atoms with van der Waals surface area (Å²) in [6.07, 6.45) is 1.54. The fourth-order valence-electron chi connectivity index (χ4n) is 1.99. The number of ether oxygens (including phenoxy) is 1. The van der Waals surface area contributed by atoms with Gasteiger partial charge in [-0.15, -0.1) is 0 Å². The van der Waals surface area contributed by atoms with Crippen LogP contribution in [0.25, 0.3) is 0 Å². The van der Waals surface area contributed by atoms with Gasteiger partial charge in [0.15, 0.2) is 6.61 Å². The number of hydrogen-bond donors (Lipinski definition) is 2. The van der Waals surface area contributed by atoms with E-state index in [4.69, 9.17) is 14.9 Å². The molecular formula is C16H18N2O4. The lowest BCUT2D eigenvalue weighted by Crippen LogP contribution is -2.31. The predicted octanol–water partition coefficient (Wildman–Crippen LogP) is 1.94. The molecule has 6 nitrogen and oxygen atoms in total. The molecule has 0 aliphatic carbocycles. The molecule has 116 valence electrons. The van der Waals surface area contributed by atoms with Gasteiger partial charge in [0.25, 0.3) is 11.8 Å². The van der Waals surface area contributed by atoms with E-state index in [9.17, 15) is 9.59 Å². The van der Waals surface area contributed by atoms with Crippen molar-refractivity contribution in [2.24, 2.45) is 5.73 Å². The Morgan fingerprint density at radius 2 is 2.14 bits per heavy atom. The molecule has 0 saturated carbocycles. The number of carbonyl (C=O) groups excluding carboxylic acids is 2. The van der Waals surface area contributed by atoms with Crippen LogP contribution in [0.5, 0.6) is 5.75 Å². The van der Waals surface area contributed by atoms with Crippen LogP contribution in [-0.2, 0) is 4.79 Å². The highest BCUT2D eigenvalue weighted by Gasteiger charge is 2.14. The van der Waals surface area contributed by atoms with E-state index in [2.05, 4.69) is 5.32 Å². The fourth-order valence-corrected chi connectivity index (χ4v) is 1.99. The van der Waals surface area contributed by atoms with Gasteiger partial charge in [-0.2, -0.15) is 0 Å². The highest BCUT2D eigenvalue weighted by Crippen LogP contribution is 2.20. The van der Waals surface area contributed by atoms with Gasteiger partial charge in [-0.25, -0.2) is 0 Å². The summed E-state index contributed by atoms with van der Waals surface area (Å²) in [4.78, 5) is 23.2. The highest BCUT2D eigenvalue weighted by molar-refractivity contribution is 5.95. The van der Waals surface area contributed by atoms with Crippen molar-refractivity contribution >= 4 is 11.8 Å². The SMILES string of the molecule is Cc1ccc(C(N)=O)c(OCC(=O)NC(C)c2ccco2)c1. The quantitative estimate of drug-likeness (QED) is 0.852. The molecule has 22 heavy (non-hydrogen) atoms. The first kappa shape index (κ1) is 15.6. The van der Waals surface area contributed by atoms with Gasteiger partial charge in [0.2, 0.25) is 0 Å². The molecule has 0 fully saturated rings. The first-order valence-electron chi connectivity index (χ1n) is 6.83. The van der Waals surface area contributed by atoms with Crippen molar-refractivity contribution in [1.29, 1.82) is 0 Å². The van der Waals surface area contributed by atoms with Crippen molar-refractivity contribution in [3.05, 3.63) is 53.5 Å². The third-order valence-corrected chi connectivity index (χ3v) is 3.11. The van der Waals surface area contributed by atoms with Gasteiger partial charge in [-0.1, -0.05) is 6.07 Å². The summed E-state index contributed by atoms with van der Waals surface area (Å²) in [5.74, 6) is 0.0372. The molecule has 1 aromatic heterocycles. The number of hydrogen-bond acceptors (Lipinski definition) is 4. The van der Waals surface area contributed by atoms with E-state index in [-0.39, 0.29) is 24.1 Å². The minimum atomic E-state index is -0.598. The lowest BCUT2D eigenvalue weighted by atomic mass is 10.1. The lowest BCUT2D eigenvalue weighted by molar-refractivity contribution is -0.123. The standard InChI is InChI=1S/C16H18N2O4/c1-10-5-6-12(16(17)20)14(8-10)22-9-15(19)18-11(2)13-4-3-7-21-13/h3-8,11H,9H2,1-2H3,(H2,17,20)(H,18,19). The average Bonchev–Trinajstić information content (AvgIpc) is 2.99. The Kier molecular flexibility index (Phi) is 4.83. The van der Waals surface area contributed by atoms with E-state index in [1.165, 1.54) is 0 Å². The van der Waals surface area contributed by atoms with E-state index < -0.39 is 5.91 Å². The number of aryl methyl sites for hydroxylation is 1. The summed E-state index contributed by atoms with van der Waals surface area (Å²) < 4.78 is 10.6. The minimum Gasteiger partial charge on any atom is -0.483 e. The Labute approximate surface area is 128 Å². The Bertz CT molecular complexity index is 665. The van der Waals surface area contributed by atoms with E-state index in [1.807, 2.05) is 6.92 Å². The van der Waals surface area contributed by atoms with Crippen LogP contribution in [0.1, 0.15) is 34.6 Å². The number of nitrogens with two attached hydrogens (primary N) is 1. The van der Waals surface area contributed by atoms with Crippen molar-refractivity contribution in [3.8, 4) is 5.75 Å². The molecule has 1 unspecified atom stereocenters. The summed E-state index contributed by atoms with van der Waals surface area (Å²) in [5.41, 5.74) is 6.44. The zero-order valence-corrected chi connectivity index (χ0v) is 12.5. The summed E-state index contributed by atoms with van der Waals surface area (Å²) in [7, 11) is 0. The number of carbonyl (C=O) groups is 2. The third kappa shape index (κ3) is 3.88. The molecule has 0 bridgehead atoms. The minimum absolute atomic E-state index is 0.214. The summed E-state index contributed by atoms with van der Waals surface area (Å²) in [6, 6.07) is 8.27. The van der Waals surface area contributed by atoms with E-state index >= 15 is 0 Å². The second kappa shape index (κ2) is 6.80. The predicted molar refractivity (Wildman–Crippen MR) is 80.5 cm³/mol. The summed E-state index contributed by atoms with van der Waals surface area (Å²) >= 11 is 0. The van der Waals surface area contributed by atoms with Gasteiger partial charge in [0, 0.05) is 0 Å². The van der Waals surface area contributed by atoms with Gasteiger partial charge in [0.1, 0.15) is 11.5 Å². The molecule has 2 amide bonds. The number of furan rings is 1. The number of benzene rings is 1. The van der Waals surface area contributed by atoms with Crippen LogP contribution in [0.15, 0.2) is 41.0 Å². The van der Waals surface area contributed by atoms with Crippen molar-refractivity contribution in [1.82, 2.24) is 5.32 Å². The maximum absolute atomic E-state index is 11.9. The van der Waals surface area contributed by atoms with Crippen molar-refractivity contribution < 1.29 is 18.7 Å². The van der Waals surface area contributed by atoms with Gasteiger partial charge in [-0.3, -0.25) is 9.59 Å². The molecule has 0 saturated heterocycles. The van der Waals surface area contributed by atoms with Gasteiger partial charge in [0.05, 0.1) is 17.9 Å². The smallest absolute Gasteiger partial charge is 0.258 e. The van der Waals surface area contributed by atoms with Crippen LogP contribution in [0, 0.1) is 6.92 Å². The Morgan fingerprint density at radius 3 is 2.77 bits per heavy atom. The molecule has 2 rings (SSSR count). The molecule has 1 heterocycles. The van der Waals surface area contributed by atoms with Gasteiger partial charge < -0.3 is 20.2 Å². The van der Waals surface area contributed by atoms with Crippen LogP contribution >= 0.6 is 0 Å². The van der Waals surface area contributed by atoms with Crippen LogP contribution in [-0.4, -0.2) is 18.4 Å². The van der Waals surface area contributed by atoms with Crippen LogP contribution in [0.3, 0.4) is 0 Å². The zero-order valence-electron chi connectivity index (χ0n) is 12.5. The Balaban J connectivity index is 1.96. The van der Waals surface area contributed by atoms with Gasteiger partial charge >= 0.3 is 0 Å². The number of primary amides is 1. The van der Waals surface area contributed by atoms with Crippen LogP contribution in [0.4, 0.5) is 0 Å². The molecule has 0 spiro atoms. The zero-order chi connectivity index (χ0) is 16.1. The van der Waals surface area contributed by atoms with Crippen LogP contribution in [0.2, 0.25) is 0 Å². The fraction of sp³-hybridized carbons (Fsp3) is 0.250. The molecule has 1 aromatic carbocycles. The first-order valence-corrected chi connectivity index (χ1v) is 6.83. The summed E-state index contributed by atoms with van der Waals surface area (Å²) in [6.45, 7) is 3.45. The lowest BCUT2D eigenvalue weighted by Gasteiger charge is -2.13. The molecule has 0 aliphatic heterocycles.